The summed E-state index contributed by atoms with van der Waals surface area (Å²) in [6.07, 6.45) is 3.67. The summed E-state index contributed by atoms with van der Waals surface area (Å²) in [6.45, 7) is 11.9. The van der Waals surface area contributed by atoms with Crippen molar-refractivity contribution >= 4 is 13.6 Å². The van der Waals surface area contributed by atoms with Crippen LogP contribution in [-0.2, 0) is 29.1 Å². The SMILES string of the molecule is C=C(/C=C\[C](=[W])C(C)(C)C)S(=N)(=O)CC. The first kappa shape index (κ1) is 15.0. The minimum absolute atomic E-state index is 0.140. The van der Waals surface area contributed by atoms with Crippen molar-refractivity contribution in [2.75, 3.05) is 5.75 Å². The van der Waals surface area contributed by atoms with Crippen molar-refractivity contribution in [2.24, 2.45) is 5.41 Å². The number of hydrogen-bond acceptors (Lipinski definition) is 2. The van der Waals surface area contributed by atoms with Crippen LogP contribution in [0.15, 0.2) is 23.6 Å². The van der Waals surface area contributed by atoms with Crippen molar-refractivity contribution in [2.45, 2.75) is 27.7 Å². The summed E-state index contributed by atoms with van der Waals surface area (Å²) in [5.41, 5.74) is 0.140. The van der Waals surface area contributed by atoms with E-state index in [0.717, 1.165) is 0 Å². The van der Waals surface area contributed by atoms with Crippen molar-refractivity contribution in [3.8, 4) is 0 Å². The summed E-state index contributed by atoms with van der Waals surface area (Å²) < 4.78 is 20.5. The molecular formula is C11H19NOSW. The second-order valence-corrected chi connectivity index (χ2v) is 8.41. The Balaban J connectivity index is 4.73. The predicted molar refractivity (Wildman–Crippen MR) is 64.1 cm³/mol. The van der Waals surface area contributed by atoms with Crippen LogP contribution in [0.2, 0.25) is 0 Å². The molecule has 0 saturated carbocycles. The zero-order chi connectivity index (χ0) is 12.3. The normalized spacial score (nSPS) is 16.3. The van der Waals surface area contributed by atoms with Crippen LogP contribution < -0.4 is 0 Å². The Bertz CT molecular complexity index is 385. The molecule has 4 heteroatoms. The van der Waals surface area contributed by atoms with E-state index in [1.807, 2.05) is 6.08 Å². The molecule has 0 aliphatic rings. The first-order valence-corrected chi connectivity index (χ1v) is 7.98. The quantitative estimate of drug-likeness (QED) is 0.729. The van der Waals surface area contributed by atoms with Gasteiger partial charge in [0.05, 0.1) is 0 Å². The molecule has 0 aliphatic carbocycles. The molecule has 0 saturated heterocycles. The van der Waals surface area contributed by atoms with Gasteiger partial charge in [0.25, 0.3) is 0 Å². The van der Waals surface area contributed by atoms with Gasteiger partial charge in [-0.15, -0.1) is 0 Å². The van der Waals surface area contributed by atoms with E-state index >= 15 is 0 Å². The van der Waals surface area contributed by atoms with E-state index in [-0.39, 0.29) is 5.41 Å². The van der Waals surface area contributed by atoms with Gasteiger partial charge in [-0.3, -0.25) is 0 Å². The Kier molecular flexibility index (Phi) is 5.35. The third-order valence-electron chi connectivity index (χ3n) is 1.99. The van der Waals surface area contributed by atoms with Crippen LogP contribution in [0.4, 0.5) is 0 Å². The molecule has 1 unspecified atom stereocenters. The third kappa shape index (κ3) is 5.03. The zero-order valence-corrected chi connectivity index (χ0v) is 13.5. The molecule has 86 valence electrons. The van der Waals surface area contributed by atoms with Crippen LogP contribution in [-0.4, -0.2) is 13.9 Å². The molecule has 0 aromatic carbocycles. The topological polar surface area (TPSA) is 40.9 Å². The van der Waals surface area contributed by atoms with Gasteiger partial charge in [-0.05, 0) is 0 Å². The number of allylic oxidation sites excluding steroid dienone is 2. The van der Waals surface area contributed by atoms with Crippen LogP contribution in [0.5, 0.6) is 0 Å². The first-order valence-electron chi connectivity index (χ1n) is 4.79. The summed E-state index contributed by atoms with van der Waals surface area (Å²) >= 11 is 1.40. The van der Waals surface area contributed by atoms with Gasteiger partial charge in [0.15, 0.2) is 0 Å². The molecule has 0 aromatic rings. The van der Waals surface area contributed by atoms with E-state index in [9.17, 15) is 4.21 Å². The van der Waals surface area contributed by atoms with Crippen molar-refractivity contribution in [1.29, 1.82) is 4.78 Å². The first-order chi connectivity index (χ1) is 6.61. The molecule has 0 amide bonds. The van der Waals surface area contributed by atoms with Crippen LogP contribution >= 0.6 is 0 Å². The second-order valence-electron chi connectivity index (χ2n) is 4.38. The Hall–Kier alpha value is -0.0117. The molecule has 2 nitrogen and oxygen atoms in total. The maximum absolute atomic E-state index is 11.6. The van der Waals surface area contributed by atoms with Crippen molar-refractivity contribution in [3.63, 3.8) is 0 Å². The van der Waals surface area contributed by atoms with Crippen LogP contribution in [0.25, 0.3) is 0 Å². The fraction of sp³-hybridized carbons (Fsp3) is 0.545. The standard InChI is InChI=1S/C11H19NOS.W/c1-6-14(12,13)10(2)8-7-9-11(3,4)5;/h7-8,12H,2,6H2,1,3-5H3;/b8-7-;. The molecule has 0 aliphatic heterocycles. The molecule has 15 heavy (non-hydrogen) atoms. The van der Waals surface area contributed by atoms with Crippen LogP contribution in [0.1, 0.15) is 27.7 Å². The van der Waals surface area contributed by atoms with Crippen LogP contribution in [0.3, 0.4) is 0 Å². The van der Waals surface area contributed by atoms with Crippen molar-refractivity contribution in [3.05, 3.63) is 23.6 Å². The molecule has 0 aromatic heterocycles. The van der Waals surface area contributed by atoms with Gasteiger partial charge < -0.3 is 0 Å². The second kappa shape index (κ2) is 5.36. The number of nitrogens with one attached hydrogen (secondary N) is 1. The van der Waals surface area contributed by atoms with Gasteiger partial charge in [0.1, 0.15) is 0 Å². The summed E-state index contributed by atoms with van der Waals surface area (Å²) in [4.78, 5) is 0.424. The minimum atomic E-state index is -2.62. The Labute approximate surface area is 104 Å². The van der Waals surface area contributed by atoms with E-state index in [0.29, 0.717) is 10.7 Å². The van der Waals surface area contributed by atoms with E-state index in [1.165, 1.54) is 23.3 Å². The average Bonchev–Trinajstić information content (AvgIpc) is 2.11. The molecule has 0 radical (unpaired) electrons. The predicted octanol–water partition coefficient (Wildman–Crippen LogP) is 2.89. The van der Waals surface area contributed by atoms with E-state index in [2.05, 4.69) is 27.4 Å². The Morgan fingerprint density at radius 1 is 1.47 bits per heavy atom. The average molecular weight is 397 g/mol. The number of rotatable bonds is 4. The molecule has 1 atom stereocenters. The third-order valence-corrected chi connectivity index (χ3v) is 6.48. The van der Waals surface area contributed by atoms with Crippen molar-refractivity contribution < 1.29 is 23.6 Å². The van der Waals surface area contributed by atoms with Gasteiger partial charge in [-0.2, -0.15) is 0 Å². The molecule has 0 fully saturated rings. The van der Waals surface area contributed by atoms with Gasteiger partial charge >= 0.3 is 104 Å². The maximum atomic E-state index is 11.6. The monoisotopic (exact) mass is 397 g/mol. The Morgan fingerprint density at radius 3 is 2.27 bits per heavy atom. The number of hydrogen-bond donors (Lipinski definition) is 1. The fourth-order valence-electron chi connectivity index (χ4n) is 0.714. The summed E-state index contributed by atoms with van der Waals surface area (Å²) in [5, 5.41) is 0. The zero-order valence-electron chi connectivity index (χ0n) is 9.79. The van der Waals surface area contributed by atoms with Gasteiger partial charge in [-0.25, -0.2) is 0 Å². The molecule has 1 N–H and O–H groups in total. The summed E-state index contributed by atoms with van der Waals surface area (Å²) in [7, 11) is -2.62. The van der Waals surface area contributed by atoms with E-state index < -0.39 is 9.73 Å². The molecule has 0 spiro atoms. The fourth-order valence-corrected chi connectivity index (χ4v) is 1.62. The summed E-state index contributed by atoms with van der Waals surface area (Å²) in [5.74, 6) is 0.331. The Morgan fingerprint density at radius 2 is 1.93 bits per heavy atom. The van der Waals surface area contributed by atoms with E-state index in [1.54, 1.807) is 13.0 Å². The molecule has 0 rings (SSSR count). The van der Waals surface area contributed by atoms with Crippen LogP contribution in [0, 0.1) is 10.2 Å². The molecule has 0 bridgehead atoms. The van der Waals surface area contributed by atoms with Gasteiger partial charge in [0, 0.05) is 0 Å². The summed E-state index contributed by atoms with van der Waals surface area (Å²) in [6, 6.07) is 0. The van der Waals surface area contributed by atoms with Crippen molar-refractivity contribution in [1.82, 2.24) is 0 Å². The molecular weight excluding hydrogens is 378 g/mol. The molecule has 0 heterocycles. The van der Waals surface area contributed by atoms with E-state index in [4.69, 9.17) is 4.78 Å². The van der Waals surface area contributed by atoms with Gasteiger partial charge in [-0.1, -0.05) is 0 Å². The van der Waals surface area contributed by atoms with Gasteiger partial charge in [0.2, 0.25) is 0 Å².